The number of carboxylic acids is 2. The van der Waals surface area contributed by atoms with Crippen molar-refractivity contribution in [1.82, 2.24) is 29.9 Å². The van der Waals surface area contributed by atoms with Gasteiger partial charge in [0.1, 0.15) is 118 Å². The number of amides is 3. The lowest BCUT2D eigenvalue weighted by Crippen LogP contribution is -2.35. The van der Waals surface area contributed by atoms with Gasteiger partial charge in [0.2, 0.25) is 0 Å². The van der Waals surface area contributed by atoms with Gasteiger partial charge in [0.25, 0.3) is 25.5 Å². The first-order valence-corrected chi connectivity index (χ1v) is 46.7. The lowest BCUT2D eigenvalue weighted by molar-refractivity contribution is -0.219. The molecule has 132 heavy (non-hydrogen) atoms. The van der Waals surface area contributed by atoms with Gasteiger partial charge in [-0.05, 0) is 189 Å². The highest BCUT2D eigenvalue weighted by molar-refractivity contribution is 7.53. The van der Waals surface area contributed by atoms with Gasteiger partial charge in [0, 0.05) is 57.3 Å². The normalized spacial score (nSPS) is 14.5. The van der Waals surface area contributed by atoms with Crippen LogP contribution in [0.15, 0.2) is 160 Å². The van der Waals surface area contributed by atoms with Gasteiger partial charge in [-0.15, -0.1) is 0 Å². The SMILES string of the molecule is CC(C)(C)OP(C)(=O)OCN(C(=O)c1c(F)cccc1F)c1cnc(-c2cc3oc(C4CC4)cc3cc2Cl)cn1.NCCCC[C@H](N)C(=O)O.NCCCC[C@H](N)C(=O)O.O=C(c1c(F)cccc1F)N(COP(=O)(O)O)c1cnc(-c2cc3oc(C4CC4)cc3cc2Cl)cn1.O=C(c1c(F)cccc1F)N(COP(=O)([O-])O)c1cnc(-c2cc3oc(C4CC4)cc3cc2Cl)cn1. The van der Waals surface area contributed by atoms with E-state index >= 15 is 0 Å². The van der Waals surface area contributed by atoms with Crippen LogP contribution in [0, 0.1) is 34.9 Å². The van der Waals surface area contributed by atoms with Gasteiger partial charge < -0.3 is 70.5 Å². The van der Waals surface area contributed by atoms with Crippen LogP contribution in [-0.4, -0.2) is 142 Å². The molecule has 3 aliphatic rings. The molecule has 0 spiro atoms. The molecule has 3 aliphatic carbocycles. The Morgan fingerprint density at radius 3 is 1.00 bits per heavy atom. The minimum Gasteiger partial charge on any atom is -0.756 e. The number of nitrogens with zero attached hydrogens (tertiary/aromatic N) is 9. The number of anilines is 3. The summed E-state index contributed by atoms with van der Waals surface area (Å²) in [5, 5.41) is 20.4. The zero-order valence-corrected chi connectivity index (χ0v) is 75.6. The van der Waals surface area contributed by atoms with E-state index in [1.54, 1.807) is 57.2 Å². The number of carbonyl (C=O) groups excluding carboxylic acids is 3. The van der Waals surface area contributed by atoms with Gasteiger partial charge in [-0.3, -0.25) is 76.3 Å². The Hall–Kier alpha value is -10.8. The average Bonchev–Trinajstić information content (AvgIpc) is 1.48. The first kappa shape index (κ1) is 102. The van der Waals surface area contributed by atoms with Crippen LogP contribution in [0.1, 0.15) is 164 Å². The minimum absolute atomic E-state index is 0.0987. The number of phosphoric ester groups is 2. The second-order valence-corrected chi connectivity index (χ2v) is 37.0. The van der Waals surface area contributed by atoms with E-state index in [-0.39, 0.29) is 23.1 Å². The molecule has 46 heteroatoms. The summed E-state index contributed by atoms with van der Waals surface area (Å²) in [6.45, 7) is 4.67. The third-order valence-electron chi connectivity index (χ3n) is 19.8. The molecule has 3 fully saturated rings. The van der Waals surface area contributed by atoms with Crippen molar-refractivity contribution in [3.63, 3.8) is 0 Å². The van der Waals surface area contributed by atoms with Crippen LogP contribution in [0.3, 0.4) is 0 Å². The fourth-order valence-electron chi connectivity index (χ4n) is 12.7. The predicted molar refractivity (Wildman–Crippen MR) is 473 cm³/mol. The van der Waals surface area contributed by atoms with Gasteiger partial charge in [-0.2, -0.15) is 0 Å². The van der Waals surface area contributed by atoms with E-state index in [2.05, 4.69) is 39.0 Å². The summed E-state index contributed by atoms with van der Waals surface area (Å²) in [4.78, 5) is 125. The largest absolute Gasteiger partial charge is 0.756 e. The number of nitrogens with two attached hydrogens (primary N) is 4. The predicted octanol–water partition coefficient (Wildman–Crippen LogP) is 17.2. The number of furan rings is 3. The van der Waals surface area contributed by atoms with Crippen molar-refractivity contribution in [2.45, 2.75) is 133 Å². The number of rotatable bonds is 32. The first-order valence-electron chi connectivity index (χ1n) is 40.5. The number of benzene rings is 6. The fourth-order valence-corrected chi connectivity index (χ4v) is 15.5. The number of aliphatic carboxylic acids is 2. The number of carboxylic acid groups (broad SMARTS) is 2. The number of carbonyl (C=O) groups is 5. The van der Waals surface area contributed by atoms with Crippen molar-refractivity contribution >= 4 is 138 Å². The Balaban J connectivity index is 0.000000173. The van der Waals surface area contributed by atoms with E-state index in [1.165, 1.54) is 31.5 Å². The smallest absolute Gasteiger partial charge is 0.471 e. The van der Waals surface area contributed by atoms with Gasteiger partial charge in [-0.25, -0.2) is 45.9 Å². The molecule has 13 N–H and O–H groups in total. The molecule has 12 aromatic rings. The number of aromatic nitrogens is 6. The second-order valence-electron chi connectivity index (χ2n) is 31.3. The summed E-state index contributed by atoms with van der Waals surface area (Å²) in [7, 11) is -14.0. The molecule has 6 heterocycles. The molecular weight excluding hydrogens is 1860 g/mol. The van der Waals surface area contributed by atoms with Crippen molar-refractivity contribution in [2.24, 2.45) is 22.9 Å². The van der Waals surface area contributed by atoms with Crippen molar-refractivity contribution in [2.75, 3.05) is 54.6 Å². The zero-order chi connectivity index (χ0) is 96.0. The average molecular weight is 1950 g/mol. The quantitative estimate of drug-likeness (QED) is 0.00818. The van der Waals surface area contributed by atoms with E-state index in [0.717, 1.165) is 170 Å². The molecule has 3 amide bonds. The standard InChI is InChI=1S/C28H27ClF2N3O5P.2C23H17ClF2N3O6P.2C6H14N2O2/c1-28(2,3)39-40(4,36)37-15-34(27(35)26-20(30)6-5-7-21(26)31)25-14-32-22(13-33-25)18-12-24-17(10-19(18)29)11-23(38-24)16-8-9-16;2*24-15-6-13-7-19(12-4-5-12)35-20(13)8-14(15)18-9-28-21(10-27-18)29(11-34-36(31,32)33)23(30)22-16(25)2-1-3-17(22)26;2*7-4-2-1-3-5(8)6(9)10/h5-7,10-14,16H,8-9,15H2,1-4H3;2*1-3,6-10,12H,4-5,11H2,(H2,31,32,33);2*5H,1-4,7-8H2,(H,9,10)/p-1/t;;;2*5-/m...00/s1. The number of hydrogen-bond acceptors (Lipinski definition) is 26. The lowest BCUT2D eigenvalue weighted by atomic mass is 10.1. The molecule has 6 aromatic heterocycles. The number of halogens is 9. The fraction of sp³-hybridized carbons (Fsp3) is 0.314. The molecular formula is C86H88Cl3F6N13O21P3-. The maximum atomic E-state index is 14.5. The topological polar surface area (TPSA) is 528 Å². The molecule has 3 saturated carbocycles. The van der Waals surface area contributed by atoms with Crippen molar-refractivity contribution in [3.05, 3.63) is 230 Å². The number of phosphoric acid groups is 2. The number of hydrogen-bond donors (Lipinski definition) is 9. The summed E-state index contributed by atoms with van der Waals surface area (Å²) in [6.07, 6.45) is 18.1. The summed E-state index contributed by atoms with van der Waals surface area (Å²) < 4.78 is 159. The summed E-state index contributed by atoms with van der Waals surface area (Å²) in [6, 6.07) is 23.5. The number of fused-ring (bicyclic) bond motifs is 3. The van der Waals surface area contributed by atoms with Gasteiger partial charge in [-0.1, -0.05) is 65.8 Å². The Labute approximate surface area is 763 Å². The molecule has 4 atom stereocenters. The van der Waals surface area contributed by atoms with Gasteiger partial charge in [0.05, 0.1) is 74.9 Å². The summed E-state index contributed by atoms with van der Waals surface area (Å²) in [5.41, 5.74) is 21.7. The monoisotopic (exact) mass is 1950 g/mol. The van der Waals surface area contributed by atoms with E-state index in [9.17, 15) is 68.9 Å². The molecule has 34 nitrogen and oxygen atoms in total. The molecule has 2 unspecified atom stereocenters. The van der Waals surface area contributed by atoms with E-state index in [4.69, 9.17) is 105 Å². The second kappa shape index (κ2) is 44.4. The van der Waals surface area contributed by atoms with Crippen LogP contribution in [0.4, 0.5) is 43.8 Å². The Morgan fingerprint density at radius 1 is 0.470 bits per heavy atom. The Bertz CT molecular complexity index is 6010. The Kier molecular flexibility index (Phi) is 34.2. The third kappa shape index (κ3) is 27.9. The van der Waals surface area contributed by atoms with Crippen LogP contribution >= 0.6 is 58.0 Å². The maximum Gasteiger partial charge on any atom is 0.471 e. The van der Waals surface area contributed by atoms with Crippen molar-refractivity contribution < 1.29 is 125 Å². The molecule has 0 radical (unpaired) electrons. The van der Waals surface area contributed by atoms with Gasteiger partial charge >= 0.3 is 27.4 Å². The molecule has 0 bridgehead atoms. The zero-order valence-electron chi connectivity index (χ0n) is 70.6. The van der Waals surface area contributed by atoms with Crippen LogP contribution in [0.5, 0.6) is 0 Å². The summed E-state index contributed by atoms with van der Waals surface area (Å²) in [5.74, 6) is -9.13. The highest BCUT2D eigenvalue weighted by atomic mass is 35.5. The van der Waals surface area contributed by atoms with Crippen LogP contribution < -0.4 is 42.5 Å². The van der Waals surface area contributed by atoms with Crippen molar-refractivity contribution in [3.8, 4) is 33.8 Å². The van der Waals surface area contributed by atoms with Crippen LogP contribution in [-0.2, 0) is 41.4 Å². The van der Waals surface area contributed by atoms with E-state index < -0.39 is 142 Å². The minimum atomic E-state index is -5.29. The third-order valence-corrected chi connectivity index (χ3v) is 23.1. The molecule has 15 rings (SSSR count). The maximum absolute atomic E-state index is 14.5. The Morgan fingerprint density at radius 2 is 0.758 bits per heavy atom. The highest BCUT2D eigenvalue weighted by Gasteiger charge is 2.36. The highest BCUT2D eigenvalue weighted by Crippen LogP contribution is 2.50. The molecule has 0 aliphatic heterocycles. The van der Waals surface area contributed by atoms with Crippen molar-refractivity contribution in [1.29, 1.82) is 0 Å². The molecule has 6 aromatic carbocycles. The van der Waals surface area contributed by atoms with Crippen LogP contribution in [0.2, 0.25) is 15.1 Å². The van der Waals surface area contributed by atoms with Gasteiger partial charge in [0.15, 0.2) is 17.5 Å². The molecule has 0 saturated heterocycles. The lowest BCUT2D eigenvalue weighted by Gasteiger charge is -2.27. The summed E-state index contributed by atoms with van der Waals surface area (Å²) >= 11 is 19.4. The van der Waals surface area contributed by atoms with Crippen LogP contribution in [0.25, 0.3) is 66.7 Å². The molecule has 702 valence electrons. The first-order chi connectivity index (χ1) is 62.4. The van der Waals surface area contributed by atoms with E-state index in [1.807, 2.05) is 18.2 Å². The van der Waals surface area contributed by atoms with E-state index in [0.29, 0.717) is 113 Å². The number of unbranched alkanes of at least 4 members (excludes halogenated alkanes) is 2.